The van der Waals surface area contributed by atoms with Gasteiger partial charge in [-0.3, -0.25) is 4.98 Å². The number of benzene rings is 1. The zero-order valence-corrected chi connectivity index (χ0v) is 16.9. The average Bonchev–Trinajstić information content (AvgIpc) is 3.29. The number of nitrogens with zero attached hydrogens (tertiary/aromatic N) is 5. The van der Waals surface area contributed by atoms with Gasteiger partial charge >= 0.3 is 5.69 Å². The highest BCUT2D eigenvalue weighted by atomic mass is 16.3. The van der Waals surface area contributed by atoms with Crippen molar-refractivity contribution in [3.8, 4) is 5.88 Å². The van der Waals surface area contributed by atoms with Crippen LogP contribution in [0, 0.1) is 0 Å². The number of hydrogen-bond acceptors (Lipinski definition) is 8. The third-order valence-electron chi connectivity index (χ3n) is 5.75. The summed E-state index contributed by atoms with van der Waals surface area (Å²) in [6, 6.07) is 7.76. The summed E-state index contributed by atoms with van der Waals surface area (Å²) >= 11 is 0. The predicted molar refractivity (Wildman–Crippen MR) is 114 cm³/mol. The number of hydrogen-bond donors (Lipinski definition) is 5. The van der Waals surface area contributed by atoms with Gasteiger partial charge in [-0.2, -0.15) is 19.6 Å². The van der Waals surface area contributed by atoms with Gasteiger partial charge < -0.3 is 20.5 Å². The molecule has 11 nitrogen and oxygen atoms in total. The highest BCUT2D eigenvalue weighted by Gasteiger charge is 2.31. The maximum absolute atomic E-state index is 11.5. The summed E-state index contributed by atoms with van der Waals surface area (Å²) in [4.78, 5) is 30.1. The zero-order chi connectivity index (χ0) is 21.8. The van der Waals surface area contributed by atoms with E-state index in [4.69, 9.17) is 0 Å². The predicted octanol–water partition coefficient (Wildman–Crippen LogP) is -0.473. The van der Waals surface area contributed by atoms with Crippen molar-refractivity contribution in [2.75, 3.05) is 5.32 Å². The van der Waals surface area contributed by atoms with Crippen molar-refractivity contribution < 1.29 is 10.2 Å². The molecule has 0 aliphatic heterocycles. The number of aromatic hydroxyl groups is 1. The number of rotatable bonds is 4. The minimum atomic E-state index is -0.603. The molecule has 2 aliphatic rings. The van der Waals surface area contributed by atoms with Crippen LogP contribution in [-0.4, -0.2) is 51.9 Å². The molecule has 0 amide bonds. The molecule has 11 heteroatoms. The van der Waals surface area contributed by atoms with Gasteiger partial charge in [0.2, 0.25) is 11.8 Å². The molecule has 0 unspecified atom stereocenters. The van der Waals surface area contributed by atoms with Crippen molar-refractivity contribution in [3.63, 3.8) is 0 Å². The van der Waals surface area contributed by atoms with Crippen LogP contribution in [0.4, 0.5) is 5.95 Å². The van der Waals surface area contributed by atoms with E-state index in [1.54, 1.807) is 12.3 Å². The molecular formula is C21H20N8O3. The van der Waals surface area contributed by atoms with Crippen LogP contribution in [-0.2, 0) is 6.42 Å². The number of anilines is 1. The van der Waals surface area contributed by atoms with Crippen LogP contribution >= 0.6 is 0 Å². The number of aliphatic hydroxyl groups excluding tert-OH is 1. The molecule has 0 radical (unpaired) electrons. The third kappa shape index (κ3) is 3.23. The van der Waals surface area contributed by atoms with E-state index in [0.29, 0.717) is 28.9 Å². The van der Waals surface area contributed by atoms with Crippen LogP contribution in [0.5, 0.6) is 5.88 Å². The Kier molecular flexibility index (Phi) is 4.12. The number of nitrogens with one attached hydrogen (secondary N) is 3. The van der Waals surface area contributed by atoms with Crippen LogP contribution in [0.2, 0.25) is 0 Å². The molecule has 1 saturated carbocycles. The number of aliphatic hydroxyl groups is 1. The Morgan fingerprint density at radius 3 is 2.84 bits per heavy atom. The molecule has 2 aliphatic carbocycles. The first kappa shape index (κ1) is 18.8. The van der Waals surface area contributed by atoms with Crippen molar-refractivity contribution in [1.82, 2.24) is 29.5 Å². The Hall–Kier alpha value is -3.99. The molecule has 0 spiro atoms. The first-order valence-electron chi connectivity index (χ1n) is 10.4. The molecular weight excluding hydrogens is 412 g/mol. The van der Waals surface area contributed by atoms with E-state index >= 15 is 0 Å². The molecule has 2 atom stereocenters. The summed E-state index contributed by atoms with van der Waals surface area (Å²) < 4.78 is 1.54. The number of aromatic nitrogens is 6. The summed E-state index contributed by atoms with van der Waals surface area (Å²) in [5.74, 6) is 0.0509. The van der Waals surface area contributed by atoms with Crippen LogP contribution in [0.15, 0.2) is 40.2 Å². The van der Waals surface area contributed by atoms with Crippen molar-refractivity contribution in [1.29, 1.82) is 0 Å². The second-order valence-corrected chi connectivity index (χ2v) is 8.12. The maximum atomic E-state index is 11.5. The fourth-order valence-corrected chi connectivity index (χ4v) is 4.03. The number of fused-ring (bicyclic) bond motifs is 2. The lowest BCUT2D eigenvalue weighted by atomic mass is 10.1. The van der Waals surface area contributed by atoms with Crippen LogP contribution in [0.25, 0.3) is 11.7 Å². The second-order valence-electron chi connectivity index (χ2n) is 8.12. The normalized spacial score (nSPS) is 21.4. The van der Waals surface area contributed by atoms with Gasteiger partial charge in [0, 0.05) is 11.6 Å². The highest BCUT2D eigenvalue weighted by molar-refractivity contribution is 5.57. The lowest BCUT2D eigenvalue weighted by Gasteiger charge is -2.17. The van der Waals surface area contributed by atoms with Gasteiger partial charge in [-0.25, -0.2) is 9.79 Å². The third-order valence-corrected chi connectivity index (χ3v) is 5.75. The monoisotopic (exact) mass is 432 g/mol. The van der Waals surface area contributed by atoms with Gasteiger partial charge in [0.25, 0.3) is 5.62 Å². The van der Waals surface area contributed by atoms with Gasteiger partial charge in [0.05, 0.1) is 24.4 Å². The largest absolute Gasteiger partial charge is 0.493 e. The van der Waals surface area contributed by atoms with E-state index in [0.717, 1.165) is 24.0 Å². The molecule has 32 heavy (non-hydrogen) atoms. The molecule has 0 saturated heterocycles. The number of H-pyrrole nitrogens is 2. The van der Waals surface area contributed by atoms with Crippen LogP contribution in [0.3, 0.4) is 0 Å². The zero-order valence-electron chi connectivity index (χ0n) is 16.9. The van der Waals surface area contributed by atoms with Crippen molar-refractivity contribution in [3.05, 3.63) is 68.6 Å². The van der Waals surface area contributed by atoms with E-state index in [2.05, 4.69) is 35.3 Å². The summed E-state index contributed by atoms with van der Waals surface area (Å²) in [6.07, 6.45) is 5.11. The standard InChI is InChI=1S/C21H20N8O3/c30-15-8-10-3-1-2-4-13(10)16(15)25-19-26-17-11(7-14-18(31)27-21(32)24-14)9-22-29(17)20(28-19)23-12-5-6-12/h1-4,7,9,12,15-16,30-31H,5-6,8H2,(H,23,25,28)(H2,24,27,32)/t15-,16-/m0/s1. The Bertz CT molecular complexity index is 1510. The van der Waals surface area contributed by atoms with Crippen molar-refractivity contribution in [2.45, 2.75) is 37.5 Å². The molecule has 0 bridgehead atoms. The molecule has 1 fully saturated rings. The summed E-state index contributed by atoms with van der Waals surface area (Å²) in [5.41, 5.74) is 2.68. The quantitative estimate of drug-likeness (QED) is 0.292. The summed E-state index contributed by atoms with van der Waals surface area (Å²) in [5, 5.41) is 28.7. The highest BCUT2D eigenvalue weighted by Crippen LogP contribution is 2.33. The summed E-state index contributed by atoms with van der Waals surface area (Å²) in [7, 11) is 0. The number of imidazole rings is 1. The summed E-state index contributed by atoms with van der Waals surface area (Å²) in [6.45, 7) is 0. The Morgan fingerprint density at radius 2 is 2.06 bits per heavy atom. The van der Waals surface area contributed by atoms with Crippen LogP contribution < -0.4 is 21.8 Å². The van der Waals surface area contributed by atoms with Crippen LogP contribution in [0.1, 0.15) is 35.7 Å². The van der Waals surface area contributed by atoms with Gasteiger partial charge in [-0.05, 0) is 30.0 Å². The first-order valence-corrected chi connectivity index (χ1v) is 10.4. The fourth-order valence-electron chi connectivity index (χ4n) is 4.03. The first-order chi connectivity index (χ1) is 15.5. The Balaban J connectivity index is 1.49. The molecule has 162 valence electrons. The van der Waals surface area contributed by atoms with E-state index in [1.807, 2.05) is 24.3 Å². The molecule has 5 N–H and O–H groups in total. The van der Waals surface area contributed by atoms with E-state index in [1.165, 1.54) is 4.52 Å². The second kappa shape index (κ2) is 7.02. The SMILES string of the molecule is O=c1[nH]c(O)c(C=c2cnn3c(=NC4CC4)nc(N[C@H]4c5ccccc5C[C@@H]4O)nc23)[nH]1. The molecule has 3 aromatic heterocycles. The Labute approximate surface area is 180 Å². The molecule has 4 aromatic rings. The van der Waals surface area contributed by atoms with Gasteiger partial charge in [0.15, 0.2) is 5.65 Å². The molecule has 6 rings (SSSR count). The van der Waals surface area contributed by atoms with E-state index < -0.39 is 11.8 Å². The Morgan fingerprint density at radius 1 is 1.22 bits per heavy atom. The van der Waals surface area contributed by atoms with E-state index in [-0.39, 0.29) is 23.7 Å². The molecule has 1 aromatic carbocycles. The lowest BCUT2D eigenvalue weighted by molar-refractivity contribution is 0.165. The van der Waals surface area contributed by atoms with Crippen molar-refractivity contribution in [2.24, 2.45) is 4.99 Å². The van der Waals surface area contributed by atoms with Gasteiger partial charge in [-0.15, -0.1) is 0 Å². The maximum Gasteiger partial charge on any atom is 0.326 e. The van der Waals surface area contributed by atoms with Crippen molar-refractivity contribution >= 4 is 17.7 Å². The topological polar surface area (TPSA) is 157 Å². The minimum absolute atomic E-state index is 0.209. The smallest absolute Gasteiger partial charge is 0.326 e. The average molecular weight is 432 g/mol. The molecule has 3 heterocycles. The van der Waals surface area contributed by atoms with Gasteiger partial charge in [0.1, 0.15) is 5.69 Å². The fraction of sp³-hybridized carbons (Fsp3) is 0.286. The van der Waals surface area contributed by atoms with E-state index in [9.17, 15) is 15.0 Å². The lowest BCUT2D eigenvalue weighted by Crippen LogP contribution is -2.28. The van der Waals surface area contributed by atoms with Gasteiger partial charge in [-0.1, -0.05) is 24.3 Å². The number of aromatic amines is 2. The minimum Gasteiger partial charge on any atom is -0.493 e.